The average molecular weight is 409 g/mol. The van der Waals surface area contributed by atoms with Crippen molar-refractivity contribution in [3.05, 3.63) is 47.5 Å². The zero-order valence-electron chi connectivity index (χ0n) is 18.0. The second-order valence-corrected chi connectivity index (χ2v) is 8.58. The highest BCUT2D eigenvalue weighted by molar-refractivity contribution is 5.78. The van der Waals surface area contributed by atoms with Crippen molar-refractivity contribution in [2.75, 3.05) is 31.1 Å². The quantitative estimate of drug-likeness (QED) is 0.819. The zero-order valence-corrected chi connectivity index (χ0v) is 18.0. The van der Waals surface area contributed by atoms with Gasteiger partial charge in [0.05, 0.1) is 5.92 Å². The van der Waals surface area contributed by atoms with Gasteiger partial charge in [0.2, 0.25) is 11.9 Å². The average Bonchev–Trinajstić information content (AvgIpc) is 2.78. The topological polar surface area (TPSA) is 74.2 Å². The number of rotatable bonds is 5. The number of likely N-dealkylation sites (tertiary alicyclic amines) is 1. The number of nitrogens with one attached hydrogen (secondary N) is 1. The molecule has 0 bridgehead atoms. The van der Waals surface area contributed by atoms with Crippen molar-refractivity contribution in [2.45, 2.75) is 52.1 Å². The normalized spacial score (nSPS) is 20.9. The minimum Gasteiger partial charge on any atom is -0.352 e. The van der Waals surface area contributed by atoms with Crippen LogP contribution in [0.15, 0.2) is 30.6 Å². The molecule has 2 aromatic rings. The number of piperidine rings is 2. The third-order valence-corrected chi connectivity index (χ3v) is 6.25. The number of hydrogen-bond acceptors (Lipinski definition) is 6. The highest BCUT2D eigenvalue weighted by Crippen LogP contribution is 2.25. The fourth-order valence-corrected chi connectivity index (χ4v) is 4.67. The van der Waals surface area contributed by atoms with E-state index < -0.39 is 0 Å². The van der Waals surface area contributed by atoms with E-state index in [1.54, 1.807) is 12.4 Å². The molecule has 0 aliphatic carbocycles. The van der Waals surface area contributed by atoms with Crippen LogP contribution in [-0.4, -0.2) is 58.0 Å². The van der Waals surface area contributed by atoms with Crippen molar-refractivity contribution in [1.29, 1.82) is 0 Å². The van der Waals surface area contributed by atoms with Crippen molar-refractivity contribution in [3.8, 4) is 0 Å². The number of amides is 1. The third kappa shape index (κ3) is 5.14. The summed E-state index contributed by atoms with van der Waals surface area (Å²) in [5.41, 5.74) is 3.09. The number of carbonyl (C=O) groups is 1. The van der Waals surface area contributed by atoms with E-state index in [1.807, 2.05) is 32.0 Å². The smallest absolute Gasteiger partial charge is 0.225 e. The predicted octanol–water partition coefficient (Wildman–Crippen LogP) is 2.49. The Morgan fingerprint density at radius 2 is 1.90 bits per heavy atom. The maximum absolute atomic E-state index is 12.7. The van der Waals surface area contributed by atoms with Gasteiger partial charge in [-0.1, -0.05) is 6.07 Å². The lowest BCUT2D eigenvalue weighted by Gasteiger charge is -2.42. The maximum Gasteiger partial charge on any atom is 0.225 e. The molecule has 2 aromatic heterocycles. The first-order valence-corrected chi connectivity index (χ1v) is 11.1. The molecule has 0 spiro atoms. The fourth-order valence-electron chi connectivity index (χ4n) is 4.67. The lowest BCUT2D eigenvalue weighted by Crippen LogP contribution is -2.51. The summed E-state index contributed by atoms with van der Waals surface area (Å²) in [5.74, 6) is 1.11. The Morgan fingerprint density at radius 1 is 1.13 bits per heavy atom. The Labute approximate surface area is 178 Å². The lowest BCUT2D eigenvalue weighted by atomic mass is 9.93. The first-order valence-electron chi connectivity index (χ1n) is 11.1. The molecule has 0 aromatic carbocycles. The zero-order chi connectivity index (χ0) is 20.9. The van der Waals surface area contributed by atoms with Crippen LogP contribution >= 0.6 is 0 Å². The van der Waals surface area contributed by atoms with Crippen LogP contribution in [0.4, 0.5) is 5.95 Å². The summed E-state index contributed by atoms with van der Waals surface area (Å²) >= 11 is 0. The Balaban J connectivity index is 1.28. The van der Waals surface area contributed by atoms with Gasteiger partial charge in [-0.25, -0.2) is 9.97 Å². The van der Waals surface area contributed by atoms with Gasteiger partial charge in [-0.2, -0.15) is 0 Å². The molecule has 4 heterocycles. The van der Waals surface area contributed by atoms with E-state index >= 15 is 0 Å². The standard InChI is InChI=1S/C23H32N6O/c1-17-13-18(2)27-23(26-17)28-11-7-21(8-12-28)29-10-4-6-20(16-29)22(30)25-15-19-5-3-9-24-14-19/h3,5,9,13-14,20-21H,4,6-8,10-12,15-16H2,1-2H3,(H,25,30)/t20-/m0/s1. The van der Waals surface area contributed by atoms with E-state index in [9.17, 15) is 4.79 Å². The van der Waals surface area contributed by atoms with Crippen LogP contribution in [-0.2, 0) is 11.3 Å². The second kappa shape index (κ2) is 9.51. The van der Waals surface area contributed by atoms with E-state index in [2.05, 4.69) is 30.1 Å². The van der Waals surface area contributed by atoms with E-state index in [0.717, 1.165) is 74.8 Å². The largest absolute Gasteiger partial charge is 0.352 e. The van der Waals surface area contributed by atoms with Crippen molar-refractivity contribution in [3.63, 3.8) is 0 Å². The number of carbonyl (C=O) groups excluding carboxylic acids is 1. The molecule has 2 fully saturated rings. The number of anilines is 1. The van der Waals surface area contributed by atoms with E-state index in [-0.39, 0.29) is 11.8 Å². The van der Waals surface area contributed by atoms with E-state index in [1.165, 1.54) is 0 Å². The first kappa shape index (κ1) is 20.7. The molecule has 0 unspecified atom stereocenters. The summed E-state index contributed by atoms with van der Waals surface area (Å²) in [4.78, 5) is 30.9. The minimum absolute atomic E-state index is 0.0798. The molecule has 1 atom stereocenters. The van der Waals surface area contributed by atoms with Gasteiger partial charge in [0, 0.05) is 56.0 Å². The molecule has 0 radical (unpaired) electrons. The Morgan fingerprint density at radius 3 is 2.60 bits per heavy atom. The van der Waals surface area contributed by atoms with Crippen molar-refractivity contribution in [1.82, 2.24) is 25.2 Å². The van der Waals surface area contributed by atoms with Crippen molar-refractivity contribution < 1.29 is 4.79 Å². The molecule has 7 heteroatoms. The van der Waals surface area contributed by atoms with Crippen LogP contribution in [0.3, 0.4) is 0 Å². The Bertz CT molecular complexity index is 830. The molecule has 1 amide bonds. The first-order chi connectivity index (χ1) is 14.6. The summed E-state index contributed by atoms with van der Waals surface area (Å²) < 4.78 is 0. The van der Waals surface area contributed by atoms with Gasteiger partial charge in [0.15, 0.2) is 0 Å². The van der Waals surface area contributed by atoms with Crippen LogP contribution in [0, 0.1) is 19.8 Å². The van der Waals surface area contributed by atoms with Gasteiger partial charge in [0.1, 0.15) is 0 Å². The Hall–Kier alpha value is -2.54. The summed E-state index contributed by atoms with van der Waals surface area (Å²) in [5, 5.41) is 3.10. The molecule has 4 rings (SSSR count). The van der Waals surface area contributed by atoms with Gasteiger partial charge < -0.3 is 10.2 Å². The molecule has 7 nitrogen and oxygen atoms in total. The lowest BCUT2D eigenvalue weighted by molar-refractivity contribution is -0.127. The second-order valence-electron chi connectivity index (χ2n) is 8.58. The summed E-state index contributed by atoms with van der Waals surface area (Å²) in [7, 11) is 0. The maximum atomic E-state index is 12.7. The van der Waals surface area contributed by atoms with Gasteiger partial charge >= 0.3 is 0 Å². The SMILES string of the molecule is Cc1cc(C)nc(N2CCC(N3CCC[C@H](C(=O)NCc4cccnc4)C3)CC2)n1. The third-order valence-electron chi connectivity index (χ3n) is 6.25. The monoisotopic (exact) mass is 408 g/mol. The number of nitrogens with zero attached hydrogens (tertiary/aromatic N) is 5. The van der Waals surface area contributed by atoms with Gasteiger partial charge in [-0.15, -0.1) is 0 Å². The van der Waals surface area contributed by atoms with Crippen molar-refractivity contribution in [2.24, 2.45) is 5.92 Å². The van der Waals surface area contributed by atoms with Crippen LogP contribution in [0.2, 0.25) is 0 Å². The van der Waals surface area contributed by atoms with Crippen LogP contribution in [0.1, 0.15) is 42.6 Å². The fraction of sp³-hybridized carbons (Fsp3) is 0.565. The minimum atomic E-state index is 0.0798. The van der Waals surface area contributed by atoms with Crippen LogP contribution in [0.5, 0.6) is 0 Å². The van der Waals surface area contributed by atoms with E-state index in [0.29, 0.717) is 12.6 Å². The van der Waals surface area contributed by atoms with Crippen LogP contribution in [0.25, 0.3) is 0 Å². The molecular formula is C23H32N6O. The number of hydrogen-bond donors (Lipinski definition) is 1. The highest BCUT2D eigenvalue weighted by atomic mass is 16.1. The predicted molar refractivity (Wildman–Crippen MR) is 117 cm³/mol. The Kier molecular flexibility index (Phi) is 6.57. The molecule has 2 saturated heterocycles. The molecule has 2 aliphatic rings. The number of pyridine rings is 1. The van der Waals surface area contributed by atoms with Gasteiger partial charge in [-0.3, -0.25) is 14.7 Å². The summed E-state index contributed by atoms with van der Waals surface area (Å²) in [6.07, 6.45) is 7.82. The van der Waals surface area contributed by atoms with Crippen LogP contribution < -0.4 is 10.2 Å². The highest BCUT2D eigenvalue weighted by Gasteiger charge is 2.32. The van der Waals surface area contributed by atoms with Crippen molar-refractivity contribution >= 4 is 11.9 Å². The summed E-state index contributed by atoms with van der Waals surface area (Å²) in [6.45, 7) is 8.51. The summed E-state index contributed by atoms with van der Waals surface area (Å²) in [6, 6.07) is 6.46. The number of aryl methyl sites for hydroxylation is 2. The number of aromatic nitrogens is 3. The van der Waals surface area contributed by atoms with Gasteiger partial charge in [-0.05, 0) is 63.8 Å². The molecular weight excluding hydrogens is 376 g/mol. The van der Waals surface area contributed by atoms with Gasteiger partial charge in [0.25, 0.3) is 0 Å². The molecule has 160 valence electrons. The van der Waals surface area contributed by atoms with E-state index in [4.69, 9.17) is 0 Å². The molecule has 1 N–H and O–H groups in total. The molecule has 2 aliphatic heterocycles. The molecule has 30 heavy (non-hydrogen) atoms. The molecule has 0 saturated carbocycles.